The number of primary amides is 1. The number of aliphatic hydroxyl groups is 1. The van der Waals surface area contributed by atoms with Crippen molar-refractivity contribution in [1.82, 2.24) is 29.8 Å². The maximum absolute atomic E-state index is 13.7. The molecule has 1 aliphatic heterocycles. The number of anilines is 1. The van der Waals surface area contributed by atoms with E-state index >= 15 is 0 Å². The summed E-state index contributed by atoms with van der Waals surface area (Å²) in [6.45, 7) is 3.26. The number of H-pyrrole nitrogens is 1. The summed E-state index contributed by atoms with van der Waals surface area (Å²) in [5, 5.41) is 23.3. The van der Waals surface area contributed by atoms with Gasteiger partial charge in [0.15, 0.2) is 5.65 Å². The van der Waals surface area contributed by atoms with Crippen LogP contribution in [0.4, 0.5) is 10.2 Å². The molecule has 5 aromatic rings. The van der Waals surface area contributed by atoms with E-state index in [9.17, 15) is 14.3 Å². The summed E-state index contributed by atoms with van der Waals surface area (Å²) in [5.74, 6) is -0.350. The second kappa shape index (κ2) is 9.38. The third-order valence-electron chi connectivity index (χ3n) is 6.91. The van der Waals surface area contributed by atoms with Gasteiger partial charge >= 0.3 is 0 Å². The summed E-state index contributed by atoms with van der Waals surface area (Å²) in [6, 6.07) is 5.83. The Morgan fingerprint density at radius 1 is 1.26 bits per heavy atom. The monoisotopic (exact) mass is 516 g/mol. The molecule has 12 heteroatoms. The molecule has 0 unspecified atom stereocenters. The molecule has 38 heavy (non-hydrogen) atoms. The standard InChI is InChI=1S/C26H25FN8O3/c1-2-38-15-8-19(24-20-9-31-32-26(20)33-35(24)12-15)21-10-30-23(11-29-21)34-6-5-17(22(36)13-34)16-4-3-14(27)7-18(16)25(28)37/h3-4,7-12,17,22,36H,2,5-6,13H2,1H3,(H2,28,37)(H,32,33)/t17-,22+/m0/s1. The fourth-order valence-corrected chi connectivity index (χ4v) is 5.17. The molecule has 0 bridgehead atoms. The first-order valence-electron chi connectivity index (χ1n) is 12.3. The smallest absolute Gasteiger partial charge is 0.249 e. The van der Waals surface area contributed by atoms with Crippen molar-refractivity contribution in [3.8, 4) is 17.0 Å². The number of ether oxygens (including phenoxy) is 1. The number of fused-ring (bicyclic) bond motifs is 3. The third kappa shape index (κ3) is 4.08. The Hall–Kier alpha value is -4.58. The fourth-order valence-electron chi connectivity index (χ4n) is 5.17. The highest BCUT2D eigenvalue weighted by atomic mass is 19.1. The van der Waals surface area contributed by atoms with Gasteiger partial charge in [-0.1, -0.05) is 6.07 Å². The molecule has 4 aromatic heterocycles. The van der Waals surface area contributed by atoms with Crippen molar-refractivity contribution in [2.45, 2.75) is 25.4 Å². The van der Waals surface area contributed by atoms with Crippen LogP contribution in [0.15, 0.2) is 49.1 Å². The molecule has 0 spiro atoms. The third-order valence-corrected chi connectivity index (χ3v) is 6.91. The van der Waals surface area contributed by atoms with Gasteiger partial charge in [0.1, 0.15) is 17.4 Å². The average Bonchev–Trinajstić information content (AvgIpc) is 3.50. The Bertz CT molecular complexity index is 1650. The Labute approximate surface area is 216 Å². The van der Waals surface area contributed by atoms with Crippen molar-refractivity contribution in [3.05, 3.63) is 66.0 Å². The minimum Gasteiger partial charge on any atom is -0.492 e. The van der Waals surface area contributed by atoms with Crippen LogP contribution in [0, 0.1) is 5.82 Å². The van der Waals surface area contributed by atoms with Crippen LogP contribution < -0.4 is 15.4 Å². The molecule has 5 heterocycles. The lowest BCUT2D eigenvalue weighted by atomic mass is 9.84. The number of hydrogen-bond acceptors (Lipinski definition) is 8. The quantitative estimate of drug-likeness (QED) is 0.312. The van der Waals surface area contributed by atoms with Crippen molar-refractivity contribution in [2.24, 2.45) is 5.73 Å². The molecule has 1 fully saturated rings. The van der Waals surface area contributed by atoms with Crippen LogP contribution in [0.25, 0.3) is 27.8 Å². The molecule has 11 nitrogen and oxygen atoms in total. The summed E-state index contributed by atoms with van der Waals surface area (Å²) in [6.07, 6.45) is 6.61. The Balaban J connectivity index is 1.27. The lowest BCUT2D eigenvalue weighted by Crippen LogP contribution is -2.43. The minimum atomic E-state index is -0.808. The number of piperidine rings is 1. The van der Waals surface area contributed by atoms with Gasteiger partial charge in [0.2, 0.25) is 5.91 Å². The zero-order valence-electron chi connectivity index (χ0n) is 20.5. The van der Waals surface area contributed by atoms with Gasteiger partial charge in [-0.25, -0.2) is 13.9 Å². The molecular formula is C26H25FN8O3. The maximum Gasteiger partial charge on any atom is 0.249 e. The van der Waals surface area contributed by atoms with E-state index < -0.39 is 17.8 Å². The Morgan fingerprint density at radius 2 is 2.13 bits per heavy atom. The number of nitrogens with one attached hydrogen (secondary N) is 1. The number of nitrogens with zero attached hydrogens (tertiary/aromatic N) is 6. The lowest BCUT2D eigenvalue weighted by molar-refractivity contribution is 0.0993. The van der Waals surface area contributed by atoms with E-state index in [0.29, 0.717) is 48.0 Å². The van der Waals surface area contributed by atoms with Gasteiger partial charge in [-0.3, -0.25) is 14.9 Å². The fraction of sp³-hybridized carbons (Fsp3) is 0.269. The highest BCUT2D eigenvalue weighted by Gasteiger charge is 2.32. The van der Waals surface area contributed by atoms with Gasteiger partial charge in [-0.2, -0.15) is 5.10 Å². The van der Waals surface area contributed by atoms with Gasteiger partial charge < -0.3 is 20.5 Å². The number of aliphatic hydroxyl groups excluding tert-OH is 1. The van der Waals surface area contributed by atoms with E-state index in [1.165, 1.54) is 12.1 Å². The van der Waals surface area contributed by atoms with Crippen molar-refractivity contribution in [2.75, 3.05) is 24.6 Å². The van der Waals surface area contributed by atoms with Crippen LogP contribution in [0.1, 0.15) is 35.2 Å². The first kappa shape index (κ1) is 23.8. The maximum atomic E-state index is 13.7. The number of hydrogen-bond donors (Lipinski definition) is 3. The van der Waals surface area contributed by atoms with Crippen LogP contribution >= 0.6 is 0 Å². The molecular weight excluding hydrogens is 491 g/mol. The number of β-amino-alcohol motifs (C(OH)–C–C–N with tert-alkyl or cyclic N) is 1. The molecule has 2 atom stereocenters. The zero-order chi connectivity index (χ0) is 26.4. The van der Waals surface area contributed by atoms with Crippen LogP contribution in [0.2, 0.25) is 0 Å². The molecule has 0 saturated carbocycles. The molecule has 1 aromatic carbocycles. The van der Waals surface area contributed by atoms with E-state index in [1.54, 1.807) is 23.1 Å². The number of amides is 1. The van der Waals surface area contributed by atoms with Crippen LogP contribution in [-0.2, 0) is 0 Å². The van der Waals surface area contributed by atoms with E-state index in [-0.39, 0.29) is 18.0 Å². The van der Waals surface area contributed by atoms with Gasteiger partial charge in [-0.05, 0) is 37.1 Å². The number of rotatable bonds is 6. The Kier molecular flexibility index (Phi) is 5.87. The number of carbonyl (C=O) groups excluding carboxylic acids is 1. The summed E-state index contributed by atoms with van der Waals surface area (Å²) in [4.78, 5) is 23.1. The number of halogens is 1. The van der Waals surface area contributed by atoms with E-state index in [4.69, 9.17) is 10.5 Å². The van der Waals surface area contributed by atoms with E-state index in [1.807, 2.05) is 24.1 Å². The van der Waals surface area contributed by atoms with E-state index in [2.05, 4.69) is 25.3 Å². The number of aromatic amines is 1. The second-order valence-corrected chi connectivity index (χ2v) is 9.21. The number of carbonyl (C=O) groups is 1. The van der Waals surface area contributed by atoms with Crippen LogP contribution in [-0.4, -0.2) is 66.6 Å². The topological polar surface area (TPSA) is 148 Å². The van der Waals surface area contributed by atoms with Gasteiger partial charge in [0.25, 0.3) is 0 Å². The van der Waals surface area contributed by atoms with Gasteiger partial charge in [0.05, 0.1) is 54.1 Å². The number of aromatic nitrogens is 6. The molecule has 1 saturated heterocycles. The number of nitrogens with two attached hydrogens (primary N) is 1. The number of benzene rings is 1. The first-order chi connectivity index (χ1) is 18.4. The predicted molar refractivity (Wildman–Crippen MR) is 138 cm³/mol. The van der Waals surface area contributed by atoms with Crippen LogP contribution in [0.5, 0.6) is 5.75 Å². The summed E-state index contributed by atoms with van der Waals surface area (Å²) < 4.78 is 21.2. The minimum absolute atomic E-state index is 0.0962. The molecule has 0 radical (unpaired) electrons. The predicted octanol–water partition coefficient (Wildman–Crippen LogP) is 2.66. The van der Waals surface area contributed by atoms with Crippen molar-refractivity contribution in [3.63, 3.8) is 0 Å². The van der Waals surface area contributed by atoms with Gasteiger partial charge in [-0.15, -0.1) is 5.10 Å². The van der Waals surface area contributed by atoms with E-state index in [0.717, 1.165) is 22.5 Å². The molecule has 1 amide bonds. The average molecular weight is 517 g/mol. The lowest BCUT2D eigenvalue weighted by Gasteiger charge is -2.37. The normalized spacial score (nSPS) is 17.8. The van der Waals surface area contributed by atoms with Gasteiger partial charge in [0, 0.05) is 30.1 Å². The summed E-state index contributed by atoms with van der Waals surface area (Å²) in [7, 11) is 0. The molecule has 0 aliphatic carbocycles. The van der Waals surface area contributed by atoms with Crippen molar-refractivity contribution >= 4 is 28.3 Å². The second-order valence-electron chi connectivity index (χ2n) is 9.21. The SMILES string of the molecule is CCOc1cc(-c2cnc(N3CC[C@@H](c4ccc(F)cc4C(N)=O)[C@H](O)C3)cn2)c2c3cn[nH]c3nn2c1. The van der Waals surface area contributed by atoms with Crippen molar-refractivity contribution in [1.29, 1.82) is 0 Å². The summed E-state index contributed by atoms with van der Waals surface area (Å²) in [5.41, 5.74) is 9.03. The number of pyridine rings is 1. The zero-order valence-corrected chi connectivity index (χ0v) is 20.5. The van der Waals surface area contributed by atoms with Crippen molar-refractivity contribution < 1.29 is 19.0 Å². The highest BCUT2D eigenvalue weighted by Crippen LogP contribution is 2.34. The highest BCUT2D eigenvalue weighted by molar-refractivity contribution is 6.00. The summed E-state index contributed by atoms with van der Waals surface area (Å²) >= 11 is 0. The molecule has 1 aliphatic rings. The Morgan fingerprint density at radius 3 is 2.87 bits per heavy atom. The largest absolute Gasteiger partial charge is 0.492 e. The molecule has 194 valence electrons. The first-order valence-corrected chi connectivity index (χ1v) is 12.3. The molecule has 6 rings (SSSR count). The molecule has 4 N–H and O–H groups in total. The van der Waals surface area contributed by atoms with Crippen LogP contribution in [0.3, 0.4) is 0 Å².